The second kappa shape index (κ2) is 23.3. The van der Waals surface area contributed by atoms with Gasteiger partial charge in [0.15, 0.2) is 0 Å². The van der Waals surface area contributed by atoms with Crippen molar-refractivity contribution < 1.29 is 29.6 Å². The molecular formula is C57H87ClN10O6. The van der Waals surface area contributed by atoms with Gasteiger partial charge in [0.1, 0.15) is 17.1 Å². The molecule has 0 unspecified atom stereocenters. The highest BCUT2D eigenvalue weighted by atomic mass is 35.5. The molecule has 1 aromatic heterocycles. The van der Waals surface area contributed by atoms with Crippen LogP contribution in [0.4, 0.5) is 4.79 Å². The summed E-state index contributed by atoms with van der Waals surface area (Å²) in [6.45, 7) is 15.5. The Bertz CT molecular complexity index is 2440. The van der Waals surface area contributed by atoms with Gasteiger partial charge in [-0.15, -0.1) is 12.4 Å². The lowest BCUT2D eigenvalue weighted by molar-refractivity contribution is -0.173. The molecule has 2 aromatic carbocycles. The molecule has 6 fully saturated rings. The smallest absolute Gasteiger partial charge is 0.407 e. The number of amidine groups is 1. The lowest BCUT2D eigenvalue weighted by Gasteiger charge is -2.65. The predicted octanol–water partition coefficient (Wildman–Crippen LogP) is 6.98. The molecule has 1 amide bonds. The minimum atomic E-state index is -0.865. The zero-order valence-corrected chi connectivity index (χ0v) is 45.6. The monoisotopic (exact) mass is 1040 g/mol. The number of ketones is 1. The van der Waals surface area contributed by atoms with Crippen LogP contribution >= 0.6 is 12.4 Å². The molecule has 16 nitrogen and oxygen atoms in total. The number of halogens is 1. The fourth-order valence-corrected chi connectivity index (χ4v) is 13.5. The van der Waals surface area contributed by atoms with E-state index in [0.29, 0.717) is 31.6 Å². The fourth-order valence-electron chi connectivity index (χ4n) is 13.5. The van der Waals surface area contributed by atoms with Crippen molar-refractivity contribution in [3.63, 3.8) is 0 Å². The number of Topliss-reactive ketones (excluding diaryl/α,β-unsaturated/α-hetero) is 1. The Hall–Kier alpha value is -4.58. The largest absolute Gasteiger partial charge is 0.508 e. The van der Waals surface area contributed by atoms with Gasteiger partial charge >= 0.3 is 6.09 Å². The van der Waals surface area contributed by atoms with Crippen molar-refractivity contribution in [3.05, 3.63) is 82.7 Å². The Kier molecular flexibility index (Phi) is 18.0. The Labute approximate surface area is 445 Å². The number of benzene rings is 2. The summed E-state index contributed by atoms with van der Waals surface area (Å²) in [4.78, 5) is 28.3. The van der Waals surface area contributed by atoms with Crippen LogP contribution < -0.4 is 22.1 Å². The maximum atomic E-state index is 12.4. The summed E-state index contributed by atoms with van der Waals surface area (Å²) in [6.07, 6.45) is 18.9. The van der Waals surface area contributed by atoms with Gasteiger partial charge in [0.05, 0.1) is 17.0 Å². The van der Waals surface area contributed by atoms with Crippen LogP contribution in [-0.2, 0) is 33.2 Å². The van der Waals surface area contributed by atoms with Gasteiger partial charge in [-0.2, -0.15) is 5.10 Å². The molecule has 3 heterocycles. The van der Waals surface area contributed by atoms with Gasteiger partial charge in [-0.25, -0.2) is 9.48 Å². The highest BCUT2D eigenvalue weighted by Crippen LogP contribution is 2.60. The quantitative estimate of drug-likeness (QED) is 0.0536. The number of carbonyl (C=O) groups excluding carboxylic acids is 2. The van der Waals surface area contributed by atoms with Gasteiger partial charge < -0.3 is 42.2 Å². The molecule has 6 aliphatic carbocycles. The number of phenols is 1. The molecule has 74 heavy (non-hydrogen) atoms. The van der Waals surface area contributed by atoms with Crippen molar-refractivity contribution in [1.82, 2.24) is 30.2 Å². The Morgan fingerprint density at radius 1 is 0.865 bits per heavy atom. The molecule has 3 aromatic rings. The van der Waals surface area contributed by atoms with Crippen molar-refractivity contribution in [1.29, 1.82) is 10.8 Å². The van der Waals surface area contributed by atoms with Gasteiger partial charge in [-0.05, 0) is 190 Å². The molecule has 0 radical (unpaired) electrons. The third kappa shape index (κ3) is 12.5. The topological polar surface area (TPSA) is 252 Å². The van der Waals surface area contributed by atoms with Gasteiger partial charge in [0.2, 0.25) is 5.96 Å². The number of amides is 1. The molecule has 11 N–H and O–H groups in total. The lowest BCUT2D eigenvalue weighted by Crippen LogP contribution is -2.74. The Morgan fingerprint density at radius 2 is 1.47 bits per heavy atom. The molecule has 4 saturated carbocycles. The molecular weight excluding hydrogens is 956 g/mol. The number of nitrogens with two attached hydrogens (primary N) is 2. The number of rotatable bonds is 11. The number of hydrogen-bond donors (Lipinski definition) is 9. The van der Waals surface area contributed by atoms with E-state index in [2.05, 4.69) is 56.7 Å². The van der Waals surface area contributed by atoms with E-state index in [9.17, 15) is 24.9 Å². The number of aromatic hydroxyl groups is 1. The van der Waals surface area contributed by atoms with Crippen LogP contribution in [0.2, 0.25) is 0 Å². The number of nitrogen functional groups attached to an aromatic ring is 1. The number of aromatic nitrogens is 2. The second-order valence-electron chi connectivity index (χ2n) is 23.8. The molecule has 7 atom stereocenters. The van der Waals surface area contributed by atoms with Gasteiger partial charge in [0.25, 0.3) is 0 Å². The number of ether oxygens (including phenoxy) is 1. The van der Waals surface area contributed by atoms with Crippen molar-refractivity contribution in [3.8, 4) is 5.75 Å². The van der Waals surface area contributed by atoms with E-state index < -0.39 is 16.8 Å². The van der Waals surface area contributed by atoms with Crippen molar-refractivity contribution in [2.45, 2.75) is 190 Å². The summed E-state index contributed by atoms with van der Waals surface area (Å²) in [7, 11) is 0. The van der Waals surface area contributed by atoms with Crippen LogP contribution in [0.3, 0.4) is 0 Å². The third-order valence-electron chi connectivity index (χ3n) is 17.4. The van der Waals surface area contributed by atoms with Crippen LogP contribution in [0.25, 0.3) is 0 Å². The summed E-state index contributed by atoms with van der Waals surface area (Å²) in [6, 6.07) is 14.9. The molecule has 0 spiro atoms. The third-order valence-corrected chi connectivity index (χ3v) is 17.4. The zero-order chi connectivity index (χ0) is 52.3. The average Bonchev–Trinajstić information content (AvgIpc) is 4.27. The number of fused-ring (bicyclic) bond motifs is 2. The number of carbonyl (C=O) groups is 2. The lowest BCUT2D eigenvalue weighted by atomic mass is 9.49. The zero-order valence-electron chi connectivity index (χ0n) is 44.8. The van der Waals surface area contributed by atoms with Gasteiger partial charge in [0, 0.05) is 80.2 Å². The molecule has 11 rings (SSSR count). The van der Waals surface area contributed by atoms with Crippen LogP contribution in [-0.4, -0.2) is 133 Å². The first-order valence-electron chi connectivity index (χ1n) is 27.4. The van der Waals surface area contributed by atoms with E-state index in [1.807, 2.05) is 39.8 Å². The minimum absolute atomic E-state index is 0. The van der Waals surface area contributed by atoms with E-state index in [1.54, 1.807) is 18.5 Å². The number of hydrogen-bond acceptors (Lipinski definition) is 12. The maximum Gasteiger partial charge on any atom is 0.407 e. The number of piperidine rings is 2. The Balaban J connectivity index is 0.000000161. The molecule has 8 aliphatic rings. The van der Waals surface area contributed by atoms with Crippen LogP contribution in [0.15, 0.2) is 54.9 Å². The van der Waals surface area contributed by atoms with E-state index in [0.717, 1.165) is 109 Å². The van der Waals surface area contributed by atoms with Crippen molar-refractivity contribution in [2.24, 2.45) is 23.3 Å². The highest BCUT2D eigenvalue weighted by Gasteiger charge is 2.66. The fraction of sp³-hybridized carbons (Fsp3) is 0.667. The summed E-state index contributed by atoms with van der Waals surface area (Å²) in [5.74, 6) is 2.38. The predicted molar refractivity (Wildman–Crippen MR) is 292 cm³/mol. The summed E-state index contributed by atoms with van der Waals surface area (Å²) >= 11 is 0. The van der Waals surface area contributed by atoms with Crippen LogP contribution in [0.5, 0.6) is 5.75 Å². The van der Waals surface area contributed by atoms with E-state index >= 15 is 0 Å². The summed E-state index contributed by atoms with van der Waals surface area (Å²) in [5, 5.41) is 58.7. The second-order valence-corrected chi connectivity index (χ2v) is 23.8. The normalized spacial score (nSPS) is 29.5. The SMILES string of the molecule is CCCNC(=O)OC(C)(C)C.Cc1ccc2c(c1)[C@@]13CCC(=O)C[C@@]1(O)[C@@H](C2)N(CC1CC1)CC3.Cl.N=C(N)CCCN[C@H]1CC[C@]23CCN(CC4CC4)[C@H](Cc4ccc(O)cc42)[C@]3(O)C1.N=C(N)n1cccn1. The number of aryl methyl sites for hydroxylation is 1. The van der Waals surface area contributed by atoms with E-state index in [1.165, 1.54) is 58.2 Å². The van der Waals surface area contributed by atoms with Gasteiger partial charge in [-0.3, -0.25) is 25.4 Å². The van der Waals surface area contributed by atoms with Gasteiger partial charge in [-0.1, -0.05) is 36.8 Å². The molecule has 408 valence electrons. The first-order valence-corrected chi connectivity index (χ1v) is 27.4. The molecule has 17 heteroatoms. The van der Waals surface area contributed by atoms with Crippen molar-refractivity contribution >= 4 is 36.1 Å². The number of phenolic OH excluding ortho intramolecular Hbond substituents is 1. The average molecular weight is 1040 g/mol. The summed E-state index contributed by atoms with van der Waals surface area (Å²) in [5.41, 5.74) is 14.6. The summed E-state index contributed by atoms with van der Waals surface area (Å²) < 4.78 is 6.27. The standard InChI is InChI=1S/C24H36N4O2.C21H27NO2.C8H17NO2.C4H6N4.ClH/c25-22(26)2-1-10-27-18-7-8-23-9-11-28(15-16-3-4-16)21(24(23,30)14-18)12-17-5-6-19(29)13-20(17)23;1-14-2-5-16-11-19-21(24)12-17(23)6-7-20(21,18(16)10-14)8-9-22(19)13-15-3-4-15;1-5-6-9-7(10)11-8(2,3)4;5-4(6)8-3-1-2-7-8;/h5-6,13,16,18,21,27,29-30H,1-4,7-12,14-15H2,(H3,25,26);2,5,10,15,19,24H,3-4,6-9,11-13H2,1H3;5-6H2,1-4H3,(H,9,10);1-3H,(H3,5,6);1H/t18-,21+,23-,24+;19-,20+,21-;;;/m01.../s1. The maximum absolute atomic E-state index is 12.4. The minimum Gasteiger partial charge on any atom is -0.508 e. The number of likely N-dealkylation sites (tertiary alicyclic amines) is 2. The number of alkyl carbamates (subject to hydrolysis) is 1. The number of nitrogens with zero attached hydrogens (tertiary/aromatic N) is 4. The van der Waals surface area contributed by atoms with E-state index in [-0.39, 0.29) is 65.0 Å². The number of nitrogens with one attached hydrogen (secondary N) is 4. The van der Waals surface area contributed by atoms with Crippen molar-refractivity contribution in [2.75, 3.05) is 39.3 Å². The molecule has 2 saturated heterocycles. The first-order chi connectivity index (χ1) is 34.7. The molecule has 2 aliphatic heterocycles. The number of aliphatic hydroxyl groups is 2. The van der Waals surface area contributed by atoms with E-state index in [4.69, 9.17) is 27.0 Å². The first kappa shape index (κ1) is 57.1. The highest BCUT2D eigenvalue weighted by molar-refractivity contribution is 5.85. The Morgan fingerprint density at radius 3 is 2.03 bits per heavy atom. The molecule has 4 bridgehead atoms. The van der Waals surface area contributed by atoms with Crippen LogP contribution in [0.1, 0.15) is 152 Å². The van der Waals surface area contributed by atoms with Crippen LogP contribution in [0, 0.1) is 29.6 Å².